The lowest BCUT2D eigenvalue weighted by Gasteiger charge is -2.33. The van der Waals surface area contributed by atoms with Crippen LogP contribution in [0.5, 0.6) is 0 Å². The Bertz CT molecular complexity index is 470. The minimum absolute atomic E-state index is 0.153. The van der Waals surface area contributed by atoms with E-state index in [4.69, 9.17) is 5.11 Å². The molecule has 0 aromatic carbocycles. The second-order valence-corrected chi connectivity index (χ2v) is 6.86. The number of carboxylic acid groups (broad SMARTS) is 1. The van der Waals surface area contributed by atoms with Gasteiger partial charge in [0.25, 0.3) is 10.2 Å². The maximum atomic E-state index is 12.5. The van der Waals surface area contributed by atoms with Gasteiger partial charge < -0.3 is 9.84 Å². The third-order valence-electron chi connectivity index (χ3n) is 3.46. The van der Waals surface area contributed by atoms with Crippen LogP contribution in [0.3, 0.4) is 0 Å². The number of carbonyl (C=O) groups excluding carboxylic acids is 1. The standard InChI is InChI=1S/C12H22N2O6S/c1-3-6-14(9-11(15)20-2)21(18,19)13-7-4-10(5-8-13)12(16)17/h10H,3-9H2,1-2H3,(H,16,17). The molecule has 0 saturated carbocycles. The Morgan fingerprint density at radius 1 is 1.33 bits per heavy atom. The summed E-state index contributed by atoms with van der Waals surface area (Å²) in [4.78, 5) is 22.2. The number of hydrogen-bond acceptors (Lipinski definition) is 5. The summed E-state index contributed by atoms with van der Waals surface area (Å²) in [5, 5.41) is 8.93. The largest absolute Gasteiger partial charge is 0.481 e. The van der Waals surface area contributed by atoms with Gasteiger partial charge in [-0.15, -0.1) is 0 Å². The molecule has 1 saturated heterocycles. The number of methoxy groups -OCH3 is 1. The Kier molecular flexibility index (Phi) is 6.56. The van der Waals surface area contributed by atoms with Gasteiger partial charge in [-0.1, -0.05) is 6.92 Å². The molecule has 122 valence electrons. The topological polar surface area (TPSA) is 104 Å². The zero-order valence-corrected chi connectivity index (χ0v) is 13.1. The molecular formula is C12H22N2O6S. The van der Waals surface area contributed by atoms with Gasteiger partial charge in [0.05, 0.1) is 13.0 Å². The van der Waals surface area contributed by atoms with Crippen LogP contribution < -0.4 is 0 Å². The monoisotopic (exact) mass is 322 g/mol. The summed E-state index contributed by atoms with van der Waals surface area (Å²) in [6.07, 6.45) is 1.14. The highest BCUT2D eigenvalue weighted by molar-refractivity contribution is 7.86. The predicted octanol–water partition coefficient (Wildman–Crippen LogP) is -0.0872. The molecular weight excluding hydrogens is 300 g/mol. The molecule has 9 heteroatoms. The van der Waals surface area contributed by atoms with Gasteiger partial charge in [0.1, 0.15) is 6.54 Å². The molecule has 21 heavy (non-hydrogen) atoms. The van der Waals surface area contributed by atoms with Gasteiger partial charge in [-0.25, -0.2) is 0 Å². The lowest BCUT2D eigenvalue weighted by molar-refractivity contribution is -0.143. The second kappa shape index (κ2) is 7.71. The summed E-state index contributed by atoms with van der Waals surface area (Å²) >= 11 is 0. The molecule has 1 fully saturated rings. The molecule has 1 aliphatic rings. The highest BCUT2D eigenvalue weighted by atomic mass is 32.2. The van der Waals surface area contributed by atoms with Crippen molar-refractivity contribution >= 4 is 22.1 Å². The number of hydrogen-bond donors (Lipinski definition) is 1. The number of carbonyl (C=O) groups is 2. The summed E-state index contributed by atoms with van der Waals surface area (Å²) in [5.41, 5.74) is 0. The van der Waals surface area contributed by atoms with Crippen LogP contribution in [0.2, 0.25) is 0 Å². The van der Waals surface area contributed by atoms with Crippen LogP contribution in [0.4, 0.5) is 0 Å². The summed E-state index contributed by atoms with van der Waals surface area (Å²) in [6, 6.07) is 0. The van der Waals surface area contributed by atoms with Crippen LogP contribution in [0.15, 0.2) is 0 Å². The highest BCUT2D eigenvalue weighted by Crippen LogP contribution is 2.21. The molecule has 0 amide bonds. The summed E-state index contributed by atoms with van der Waals surface area (Å²) in [7, 11) is -2.56. The molecule has 0 aromatic heterocycles. The van der Waals surface area contributed by atoms with Crippen molar-refractivity contribution < 1.29 is 27.9 Å². The fraction of sp³-hybridized carbons (Fsp3) is 0.833. The molecule has 1 heterocycles. The normalized spacial score (nSPS) is 17.9. The third-order valence-corrected chi connectivity index (χ3v) is 5.44. The Hall–Kier alpha value is -1.19. The van der Waals surface area contributed by atoms with Crippen molar-refractivity contribution in [2.45, 2.75) is 26.2 Å². The molecule has 0 bridgehead atoms. The molecule has 1 rings (SSSR count). The van der Waals surface area contributed by atoms with Crippen LogP contribution in [-0.4, -0.2) is 67.4 Å². The quantitative estimate of drug-likeness (QED) is 0.657. The first kappa shape index (κ1) is 17.9. The molecule has 8 nitrogen and oxygen atoms in total. The van der Waals surface area contributed by atoms with E-state index in [1.165, 1.54) is 11.4 Å². The van der Waals surface area contributed by atoms with E-state index in [-0.39, 0.29) is 39.0 Å². The van der Waals surface area contributed by atoms with Crippen molar-refractivity contribution in [2.75, 3.05) is 33.3 Å². The van der Waals surface area contributed by atoms with E-state index in [2.05, 4.69) is 4.74 Å². The molecule has 0 aliphatic carbocycles. The fourth-order valence-corrected chi connectivity index (χ4v) is 3.91. The van der Waals surface area contributed by atoms with Crippen molar-refractivity contribution in [2.24, 2.45) is 5.92 Å². The van der Waals surface area contributed by atoms with Crippen LogP contribution in [0, 0.1) is 5.92 Å². The predicted molar refractivity (Wildman–Crippen MR) is 74.7 cm³/mol. The first-order valence-electron chi connectivity index (χ1n) is 6.87. The summed E-state index contributed by atoms with van der Waals surface area (Å²) in [5.74, 6) is -2.02. The van der Waals surface area contributed by atoms with E-state index in [0.717, 1.165) is 4.31 Å². The van der Waals surface area contributed by atoms with Gasteiger partial charge in [-0.05, 0) is 19.3 Å². The molecule has 0 radical (unpaired) electrons. The SMILES string of the molecule is CCCN(CC(=O)OC)S(=O)(=O)N1CCC(C(=O)O)CC1. The van der Waals surface area contributed by atoms with Crippen LogP contribution >= 0.6 is 0 Å². The summed E-state index contributed by atoms with van der Waals surface area (Å²) < 4.78 is 31.8. The fourth-order valence-electron chi connectivity index (χ4n) is 2.23. The van der Waals surface area contributed by atoms with Gasteiger partial charge in [-0.2, -0.15) is 17.0 Å². The van der Waals surface area contributed by atoms with Gasteiger partial charge in [-0.3, -0.25) is 9.59 Å². The van der Waals surface area contributed by atoms with Gasteiger partial charge >= 0.3 is 11.9 Å². The average Bonchev–Trinajstić information content (AvgIpc) is 2.46. The number of ether oxygens (including phenoxy) is 1. The lowest BCUT2D eigenvalue weighted by Crippen LogP contribution is -2.49. The van der Waals surface area contributed by atoms with Crippen LogP contribution in [0.25, 0.3) is 0 Å². The van der Waals surface area contributed by atoms with Gasteiger partial charge in [0.2, 0.25) is 0 Å². The Morgan fingerprint density at radius 3 is 2.33 bits per heavy atom. The maximum Gasteiger partial charge on any atom is 0.321 e. The van der Waals surface area contributed by atoms with Crippen molar-refractivity contribution in [3.8, 4) is 0 Å². The summed E-state index contributed by atoms with van der Waals surface area (Å²) in [6.45, 7) is 2.01. The minimum atomic E-state index is -3.77. The molecule has 1 aliphatic heterocycles. The average molecular weight is 322 g/mol. The van der Waals surface area contributed by atoms with E-state index in [0.29, 0.717) is 6.42 Å². The number of carboxylic acids is 1. The Labute approximate surface area is 124 Å². The number of piperidine rings is 1. The number of rotatable bonds is 7. The zero-order chi connectivity index (χ0) is 16.0. The van der Waals surface area contributed by atoms with Crippen molar-refractivity contribution in [1.29, 1.82) is 0 Å². The van der Waals surface area contributed by atoms with Crippen LogP contribution in [0.1, 0.15) is 26.2 Å². The van der Waals surface area contributed by atoms with Crippen molar-refractivity contribution in [3.63, 3.8) is 0 Å². The van der Waals surface area contributed by atoms with E-state index in [1.807, 2.05) is 6.92 Å². The molecule has 0 unspecified atom stereocenters. The number of esters is 1. The van der Waals surface area contributed by atoms with E-state index >= 15 is 0 Å². The van der Waals surface area contributed by atoms with E-state index < -0.39 is 28.1 Å². The Morgan fingerprint density at radius 2 is 1.90 bits per heavy atom. The van der Waals surface area contributed by atoms with Gasteiger partial charge in [0.15, 0.2) is 0 Å². The smallest absolute Gasteiger partial charge is 0.321 e. The minimum Gasteiger partial charge on any atom is -0.481 e. The molecule has 0 aromatic rings. The zero-order valence-electron chi connectivity index (χ0n) is 12.3. The first-order valence-corrected chi connectivity index (χ1v) is 8.27. The molecule has 1 N–H and O–H groups in total. The number of nitrogens with zero attached hydrogens (tertiary/aromatic N) is 2. The Balaban J connectivity index is 2.77. The lowest BCUT2D eigenvalue weighted by atomic mass is 9.99. The molecule has 0 spiro atoms. The van der Waals surface area contributed by atoms with Crippen molar-refractivity contribution in [3.05, 3.63) is 0 Å². The van der Waals surface area contributed by atoms with E-state index in [9.17, 15) is 18.0 Å². The molecule has 0 atom stereocenters. The second-order valence-electron chi connectivity index (χ2n) is 4.93. The third kappa shape index (κ3) is 4.65. The van der Waals surface area contributed by atoms with Crippen molar-refractivity contribution in [1.82, 2.24) is 8.61 Å². The van der Waals surface area contributed by atoms with Crippen LogP contribution in [-0.2, 0) is 24.5 Å². The maximum absolute atomic E-state index is 12.5. The number of aliphatic carboxylic acids is 1. The highest BCUT2D eigenvalue weighted by Gasteiger charge is 2.35. The van der Waals surface area contributed by atoms with Gasteiger partial charge in [0, 0.05) is 19.6 Å². The first-order chi connectivity index (χ1) is 9.82. The van der Waals surface area contributed by atoms with E-state index in [1.54, 1.807) is 0 Å².